The Morgan fingerprint density at radius 1 is 0.977 bits per heavy atom. The lowest BCUT2D eigenvalue weighted by molar-refractivity contribution is -0.143. The second-order valence-electron chi connectivity index (χ2n) is 15.2. The summed E-state index contributed by atoms with van der Waals surface area (Å²) in [4.78, 5) is 11.7. The molecule has 3 aliphatic heterocycles. The number of piperidine rings is 2. The van der Waals surface area contributed by atoms with Crippen molar-refractivity contribution in [1.82, 2.24) is 16.0 Å². The van der Waals surface area contributed by atoms with Crippen molar-refractivity contribution in [3.05, 3.63) is 35.4 Å². The van der Waals surface area contributed by atoms with Gasteiger partial charge in [0.2, 0.25) is 0 Å². The van der Waals surface area contributed by atoms with Crippen LogP contribution in [-0.4, -0.2) is 69.4 Å². The molecule has 1 saturated carbocycles. The molecule has 4 bridgehead atoms. The van der Waals surface area contributed by atoms with E-state index in [2.05, 4.69) is 54.1 Å². The summed E-state index contributed by atoms with van der Waals surface area (Å²) in [5.41, 5.74) is 7.72. The van der Waals surface area contributed by atoms with Crippen molar-refractivity contribution in [2.45, 2.75) is 152 Å². The number of rotatable bonds is 3. The van der Waals surface area contributed by atoms with Gasteiger partial charge in [0, 0.05) is 30.2 Å². The maximum Gasteiger partial charge on any atom is 0.306 e. The summed E-state index contributed by atoms with van der Waals surface area (Å²) in [7, 11) is 0. The average molecular weight is 599 g/mol. The third-order valence-electron chi connectivity index (χ3n) is 11.4. The van der Waals surface area contributed by atoms with E-state index in [1.165, 1.54) is 36.8 Å². The Morgan fingerprint density at radius 2 is 1.74 bits per heavy atom. The quantitative estimate of drug-likeness (QED) is 0.278. The molecule has 1 aromatic carbocycles. The number of aliphatic hydroxyl groups excluding tert-OH is 1. The Bertz CT molecular complexity index is 1070. The standard InChI is InChI=1S/C35H58N4O4/c1-23-31(40)13-12-30(38-23)27-11-10-26-9-4-3-5-14-35(43,21-33(41)42)22-37-34(2)19-29(39-32(36)20-34)17-25-8-6-7-24(15-25)16-28(26)18-27/h6-8,15,23,26-32,37-40,43H,3-5,9-14,16-22,36H2,1-2H3,(H,41,42)/t23-,26-,27+,28+,29-,30+,31-,32-,34+,35-/m1/s1. The van der Waals surface area contributed by atoms with E-state index < -0.39 is 11.6 Å². The lowest BCUT2D eigenvalue weighted by atomic mass is 9.67. The van der Waals surface area contributed by atoms with Crippen molar-refractivity contribution in [1.29, 1.82) is 0 Å². The first-order chi connectivity index (χ1) is 20.5. The van der Waals surface area contributed by atoms with E-state index in [9.17, 15) is 20.1 Å². The highest BCUT2D eigenvalue weighted by Gasteiger charge is 2.40. The summed E-state index contributed by atoms with van der Waals surface area (Å²) in [6.07, 6.45) is 13.3. The van der Waals surface area contributed by atoms with Gasteiger partial charge in [0.1, 0.15) is 0 Å². The van der Waals surface area contributed by atoms with Crippen LogP contribution in [0.15, 0.2) is 24.3 Å². The van der Waals surface area contributed by atoms with Gasteiger partial charge in [-0.3, -0.25) is 10.1 Å². The van der Waals surface area contributed by atoms with E-state index in [0.717, 1.165) is 57.8 Å². The van der Waals surface area contributed by atoms with Crippen LogP contribution >= 0.6 is 0 Å². The Kier molecular flexibility index (Phi) is 10.9. The number of nitrogens with one attached hydrogen (secondary N) is 3. The van der Waals surface area contributed by atoms with Gasteiger partial charge in [0.25, 0.3) is 0 Å². The molecule has 10 atom stereocenters. The van der Waals surface area contributed by atoms with Crippen molar-refractivity contribution in [2.24, 2.45) is 23.5 Å². The molecule has 43 heavy (non-hydrogen) atoms. The van der Waals surface area contributed by atoms with Crippen LogP contribution in [0.2, 0.25) is 0 Å². The van der Waals surface area contributed by atoms with E-state index in [1.807, 2.05) is 0 Å². The van der Waals surface area contributed by atoms with Gasteiger partial charge < -0.3 is 31.7 Å². The minimum Gasteiger partial charge on any atom is -0.481 e. The van der Waals surface area contributed by atoms with Crippen LogP contribution in [0.4, 0.5) is 0 Å². The number of carboxylic acids is 1. The second kappa shape index (κ2) is 14.3. The smallest absolute Gasteiger partial charge is 0.306 e. The Labute approximate surface area is 259 Å². The first-order valence-electron chi connectivity index (χ1n) is 17.2. The number of fused-ring (bicyclic) bond motifs is 5. The third-order valence-corrected chi connectivity index (χ3v) is 11.4. The molecule has 8 heteroatoms. The van der Waals surface area contributed by atoms with Crippen LogP contribution in [-0.2, 0) is 17.6 Å². The molecule has 0 spiro atoms. The van der Waals surface area contributed by atoms with Crippen LogP contribution < -0.4 is 21.7 Å². The molecular weight excluding hydrogens is 540 g/mol. The van der Waals surface area contributed by atoms with Gasteiger partial charge in [-0.1, -0.05) is 49.9 Å². The molecule has 0 unspecified atom stereocenters. The predicted molar refractivity (Wildman–Crippen MR) is 171 cm³/mol. The zero-order chi connectivity index (χ0) is 30.6. The molecule has 8 nitrogen and oxygen atoms in total. The third kappa shape index (κ3) is 9.01. The molecule has 0 radical (unpaired) electrons. The topological polar surface area (TPSA) is 140 Å². The molecule has 5 rings (SSSR count). The lowest BCUT2D eigenvalue weighted by Crippen LogP contribution is -2.63. The second-order valence-corrected chi connectivity index (χ2v) is 15.2. The first kappa shape index (κ1) is 32.8. The summed E-state index contributed by atoms with van der Waals surface area (Å²) >= 11 is 0. The predicted octanol–water partition coefficient (Wildman–Crippen LogP) is 3.86. The van der Waals surface area contributed by atoms with E-state index in [1.54, 1.807) is 0 Å². The van der Waals surface area contributed by atoms with Gasteiger partial charge >= 0.3 is 5.97 Å². The summed E-state index contributed by atoms with van der Waals surface area (Å²) in [6.45, 7) is 4.55. The number of hydrogen-bond acceptors (Lipinski definition) is 7. The van der Waals surface area contributed by atoms with Gasteiger partial charge in [-0.2, -0.15) is 0 Å². The zero-order valence-corrected chi connectivity index (χ0v) is 26.6. The molecule has 4 aliphatic rings. The van der Waals surface area contributed by atoms with Gasteiger partial charge in [-0.15, -0.1) is 0 Å². The van der Waals surface area contributed by atoms with Crippen molar-refractivity contribution < 1.29 is 20.1 Å². The molecule has 3 heterocycles. The van der Waals surface area contributed by atoms with Gasteiger partial charge in [-0.25, -0.2) is 0 Å². The Hall–Kier alpha value is -1.55. The molecule has 0 amide bonds. The van der Waals surface area contributed by atoms with Gasteiger partial charge in [-0.05, 0) is 107 Å². The number of β-amino-alcohol motifs (C(OH)–C–C–N with tert-alkyl or cyclic N) is 1. The fraction of sp³-hybridized carbons (Fsp3) is 0.800. The van der Waals surface area contributed by atoms with Gasteiger partial charge in [0.15, 0.2) is 0 Å². The van der Waals surface area contributed by atoms with Crippen LogP contribution in [0.3, 0.4) is 0 Å². The fourth-order valence-electron chi connectivity index (χ4n) is 9.08. The van der Waals surface area contributed by atoms with Crippen molar-refractivity contribution >= 4 is 5.97 Å². The fourth-order valence-corrected chi connectivity index (χ4v) is 9.08. The lowest BCUT2D eigenvalue weighted by Gasteiger charge is -2.44. The number of benzene rings is 1. The number of aliphatic hydroxyl groups is 2. The molecule has 8 N–H and O–H groups in total. The van der Waals surface area contributed by atoms with Gasteiger partial charge in [0.05, 0.1) is 24.3 Å². The highest BCUT2D eigenvalue weighted by molar-refractivity contribution is 5.68. The summed E-state index contributed by atoms with van der Waals surface area (Å²) in [5, 5.41) is 42.3. The maximum atomic E-state index is 11.7. The summed E-state index contributed by atoms with van der Waals surface area (Å²) in [6, 6.07) is 10.0. The zero-order valence-electron chi connectivity index (χ0n) is 26.6. The Morgan fingerprint density at radius 3 is 2.51 bits per heavy atom. The molecule has 242 valence electrons. The summed E-state index contributed by atoms with van der Waals surface area (Å²) in [5.74, 6) is 1.02. The van der Waals surface area contributed by atoms with Crippen molar-refractivity contribution in [3.63, 3.8) is 0 Å². The summed E-state index contributed by atoms with van der Waals surface area (Å²) < 4.78 is 0. The highest BCUT2D eigenvalue weighted by atomic mass is 16.4. The highest BCUT2D eigenvalue weighted by Crippen LogP contribution is 2.42. The molecule has 0 aromatic heterocycles. The van der Waals surface area contributed by atoms with E-state index in [4.69, 9.17) is 5.73 Å². The normalized spacial score (nSPS) is 41.8. The largest absolute Gasteiger partial charge is 0.481 e. The van der Waals surface area contributed by atoms with E-state index in [0.29, 0.717) is 30.2 Å². The first-order valence-corrected chi connectivity index (χ1v) is 17.2. The Balaban J connectivity index is 1.35. The minimum atomic E-state index is -1.27. The van der Waals surface area contributed by atoms with Crippen LogP contribution in [0.25, 0.3) is 0 Å². The van der Waals surface area contributed by atoms with Crippen molar-refractivity contribution in [3.8, 4) is 0 Å². The maximum absolute atomic E-state index is 11.7. The van der Waals surface area contributed by atoms with Crippen molar-refractivity contribution in [2.75, 3.05) is 6.54 Å². The minimum absolute atomic E-state index is 0.158. The van der Waals surface area contributed by atoms with Crippen LogP contribution in [0, 0.1) is 17.8 Å². The molecular formula is C35H58N4O4. The number of hydrogen-bond donors (Lipinski definition) is 7. The molecule has 2 saturated heterocycles. The van der Waals surface area contributed by atoms with E-state index in [-0.39, 0.29) is 42.9 Å². The monoisotopic (exact) mass is 598 g/mol. The number of carbonyl (C=O) groups is 1. The number of aliphatic carboxylic acids is 1. The SMILES string of the molecule is C[C@H]1N[C@H]([C@H]2CC[C@H]3CCCCC[C@@](O)(CC(=O)O)CN[C@@]4(C)C[C@@H](Cc5cccc(c5)C[C@H]3C2)N[C@@H](N)C4)CC[C@H]1O. The average Bonchev–Trinajstić information content (AvgIpc) is 2.93. The number of carboxylic acid groups (broad SMARTS) is 1. The van der Waals surface area contributed by atoms with Crippen LogP contribution in [0.1, 0.15) is 108 Å². The molecule has 1 aliphatic carbocycles. The van der Waals surface area contributed by atoms with Crippen LogP contribution in [0.5, 0.6) is 0 Å². The molecule has 1 aromatic rings. The number of nitrogens with two attached hydrogens (primary N) is 1. The van der Waals surface area contributed by atoms with E-state index >= 15 is 0 Å². The molecule has 3 fully saturated rings.